The molecular weight excluding hydrogens is 256 g/mol. The van der Waals surface area contributed by atoms with Gasteiger partial charge in [0.1, 0.15) is 6.04 Å². The Morgan fingerprint density at radius 2 is 2.07 bits per heavy atom. The van der Waals surface area contributed by atoms with Crippen LogP contribution < -0.4 is 11.1 Å². The minimum Gasteiger partial charge on any atom is -0.374 e. The molecule has 1 rings (SSSR count). The van der Waals surface area contributed by atoms with E-state index in [1.54, 1.807) is 0 Å². The molecule has 0 aliphatic rings. The fourth-order valence-electron chi connectivity index (χ4n) is 1.32. The Bertz CT molecular complexity index is 324. The maximum Gasteiger partial charge on any atom is 0.239 e. The zero-order valence-corrected chi connectivity index (χ0v) is 10.3. The van der Waals surface area contributed by atoms with Crippen molar-refractivity contribution >= 4 is 27.5 Å². The largest absolute Gasteiger partial charge is 0.374 e. The first-order valence-electron chi connectivity index (χ1n) is 4.95. The molecular formula is C11H15BrN2O. The van der Waals surface area contributed by atoms with Crippen LogP contribution in [0.4, 0.5) is 5.69 Å². The van der Waals surface area contributed by atoms with Crippen molar-refractivity contribution in [2.75, 3.05) is 5.32 Å². The molecule has 0 aliphatic heterocycles. The van der Waals surface area contributed by atoms with Gasteiger partial charge in [-0.05, 0) is 30.7 Å². The van der Waals surface area contributed by atoms with Crippen LogP contribution in [0, 0.1) is 0 Å². The van der Waals surface area contributed by atoms with Gasteiger partial charge in [0, 0.05) is 10.2 Å². The van der Waals surface area contributed by atoms with E-state index in [2.05, 4.69) is 21.2 Å². The third kappa shape index (κ3) is 3.91. The van der Waals surface area contributed by atoms with E-state index in [4.69, 9.17) is 5.73 Å². The highest BCUT2D eigenvalue weighted by molar-refractivity contribution is 9.10. The van der Waals surface area contributed by atoms with Gasteiger partial charge < -0.3 is 11.1 Å². The van der Waals surface area contributed by atoms with Crippen molar-refractivity contribution in [1.29, 1.82) is 0 Å². The van der Waals surface area contributed by atoms with Crippen LogP contribution in [0.1, 0.15) is 19.8 Å². The predicted octanol–water partition coefficient (Wildman–Crippen LogP) is 2.51. The first-order chi connectivity index (χ1) is 7.13. The SMILES string of the molecule is CCCC(Nc1ccc(Br)cc1)C(N)=O. The van der Waals surface area contributed by atoms with Crippen LogP contribution in [0.15, 0.2) is 28.7 Å². The molecule has 1 amide bonds. The standard InChI is InChI=1S/C11H15BrN2O/c1-2-3-10(11(13)15)14-9-6-4-8(12)5-7-9/h4-7,10,14H,2-3H2,1H3,(H2,13,15). The van der Waals surface area contributed by atoms with Gasteiger partial charge in [0.15, 0.2) is 0 Å². The number of primary amides is 1. The number of hydrogen-bond acceptors (Lipinski definition) is 2. The molecule has 0 radical (unpaired) electrons. The van der Waals surface area contributed by atoms with Gasteiger partial charge in [-0.1, -0.05) is 29.3 Å². The molecule has 0 fully saturated rings. The Labute approximate surface area is 98.2 Å². The van der Waals surface area contributed by atoms with Crippen LogP contribution in [-0.4, -0.2) is 11.9 Å². The Balaban J connectivity index is 2.65. The van der Waals surface area contributed by atoms with E-state index in [0.29, 0.717) is 0 Å². The highest BCUT2D eigenvalue weighted by Crippen LogP contribution is 2.15. The maximum atomic E-state index is 11.1. The summed E-state index contributed by atoms with van der Waals surface area (Å²) in [5.41, 5.74) is 6.20. The topological polar surface area (TPSA) is 55.1 Å². The van der Waals surface area contributed by atoms with Crippen LogP contribution in [0.5, 0.6) is 0 Å². The number of rotatable bonds is 5. The van der Waals surface area contributed by atoms with Crippen LogP contribution in [-0.2, 0) is 4.79 Å². The van der Waals surface area contributed by atoms with E-state index in [1.807, 2.05) is 31.2 Å². The van der Waals surface area contributed by atoms with Gasteiger partial charge in [0.25, 0.3) is 0 Å². The third-order valence-corrected chi connectivity index (χ3v) is 2.63. The summed E-state index contributed by atoms with van der Waals surface area (Å²) in [5.74, 6) is -0.306. The minimum atomic E-state index is -0.306. The van der Waals surface area contributed by atoms with E-state index < -0.39 is 0 Å². The summed E-state index contributed by atoms with van der Waals surface area (Å²) in [4.78, 5) is 11.1. The molecule has 15 heavy (non-hydrogen) atoms. The number of hydrogen-bond donors (Lipinski definition) is 2. The van der Waals surface area contributed by atoms with Crippen molar-refractivity contribution in [2.45, 2.75) is 25.8 Å². The summed E-state index contributed by atoms with van der Waals surface area (Å²) in [6.07, 6.45) is 1.68. The number of nitrogens with two attached hydrogens (primary N) is 1. The molecule has 0 aromatic heterocycles. The summed E-state index contributed by atoms with van der Waals surface area (Å²) < 4.78 is 1.01. The molecule has 0 saturated heterocycles. The van der Waals surface area contributed by atoms with Gasteiger partial charge in [0.05, 0.1) is 0 Å². The molecule has 0 bridgehead atoms. The Morgan fingerprint density at radius 3 is 2.53 bits per heavy atom. The van der Waals surface area contributed by atoms with Gasteiger partial charge >= 0.3 is 0 Å². The lowest BCUT2D eigenvalue weighted by atomic mass is 10.1. The molecule has 0 saturated carbocycles. The monoisotopic (exact) mass is 270 g/mol. The van der Waals surface area contributed by atoms with E-state index in [1.165, 1.54) is 0 Å². The lowest BCUT2D eigenvalue weighted by molar-refractivity contribution is -0.118. The highest BCUT2D eigenvalue weighted by atomic mass is 79.9. The summed E-state index contributed by atoms with van der Waals surface area (Å²) in [7, 11) is 0. The first-order valence-corrected chi connectivity index (χ1v) is 5.74. The molecule has 1 aromatic carbocycles. The Hall–Kier alpha value is -1.03. The van der Waals surface area contributed by atoms with Crippen molar-refractivity contribution in [2.24, 2.45) is 5.73 Å². The fraction of sp³-hybridized carbons (Fsp3) is 0.364. The molecule has 0 heterocycles. The van der Waals surface area contributed by atoms with Gasteiger partial charge in [-0.15, -0.1) is 0 Å². The van der Waals surface area contributed by atoms with E-state index in [-0.39, 0.29) is 11.9 Å². The predicted molar refractivity (Wildman–Crippen MR) is 65.7 cm³/mol. The summed E-state index contributed by atoms with van der Waals surface area (Å²) in [6, 6.07) is 7.39. The van der Waals surface area contributed by atoms with Crippen molar-refractivity contribution in [3.63, 3.8) is 0 Å². The van der Waals surface area contributed by atoms with E-state index in [9.17, 15) is 4.79 Å². The second kappa shape index (κ2) is 5.75. The van der Waals surface area contributed by atoms with Gasteiger partial charge in [-0.25, -0.2) is 0 Å². The fourth-order valence-corrected chi connectivity index (χ4v) is 1.59. The van der Waals surface area contributed by atoms with Crippen LogP contribution in [0.3, 0.4) is 0 Å². The number of nitrogens with one attached hydrogen (secondary N) is 1. The molecule has 1 atom stereocenters. The molecule has 0 spiro atoms. The normalized spacial score (nSPS) is 12.1. The van der Waals surface area contributed by atoms with Crippen molar-refractivity contribution in [3.8, 4) is 0 Å². The van der Waals surface area contributed by atoms with Gasteiger partial charge in [-0.3, -0.25) is 4.79 Å². The van der Waals surface area contributed by atoms with E-state index in [0.717, 1.165) is 23.0 Å². The lowest BCUT2D eigenvalue weighted by Crippen LogP contribution is -2.35. The smallest absolute Gasteiger partial charge is 0.239 e. The quantitative estimate of drug-likeness (QED) is 0.864. The number of halogens is 1. The molecule has 1 unspecified atom stereocenters. The number of carbonyl (C=O) groups is 1. The number of amides is 1. The van der Waals surface area contributed by atoms with E-state index >= 15 is 0 Å². The van der Waals surface area contributed by atoms with Crippen LogP contribution in [0.2, 0.25) is 0 Å². The molecule has 1 aromatic rings. The lowest BCUT2D eigenvalue weighted by Gasteiger charge is -2.15. The summed E-state index contributed by atoms with van der Waals surface area (Å²) in [6.45, 7) is 2.03. The molecule has 4 heteroatoms. The van der Waals surface area contributed by atoms with Crippen molar-refractivity contribution in [3.05, 3.63) is 28.7 Å². The zero-order chi connectivity index (χ0) is 11.3. The Kier molecular flexibility index (Phi) is 4.62. The number of benzene rings is 1. The number of carbonyl (C=O) groups excluding carboxylic acids is 1. The second-order valence-electron chi connectivity index (χ2n) is 3.39. The molecule has 3 N–H and O–H groups in total. The summed E-state index contributed by atoms with van der Waals surface area (Å²) >= 11 is 3.35. The van der Waals surface area contributed by atoms with Crippen LogP contribution >= 0.6 is 15.9 Å². The molecule has 0 aliphatic carbocycles. The summed E-state index contributed by atoms with van der Waals surface area (Å²) in [5, 5.41) is 3.11. The van der Waals surface area contributed by atoms with Crippen molar-refractivity contribution in [1.82, 2.24) is 0 Å². The minimum absolute atomic E-state index is 0.281. The van der Waals surface area contributed by atoms with Gasteiger partial charge in [-0.2, -0.15) is 0 Å². The zero-order valence-electron chi connectivity index (χ0n) is 8.66. The maximum absolute atomic E-state index is 11.1. The number of anilines is 1. The molecule has 3 nitrogen and oxygen atoms in total. The third-order valence-electron chi connectivity index (χ3n) is 2.11. The van der Waals surface area contributed by atoms with Crippen LogP contribution in [0.25, 0.3) is 0 Å². The average Bonchev–Trinajstić information content (AvgIpc) is 2.20. The molecule has 82 valence electrons. The first kappa shape index (κ1) is 12.0. The Morgan fingerprint density at radius 1 is 1.47 bits per heavy atom. The van der Waals surface area contributed by atoms with Gasteiger partial charge in [0.2, 0.25) is 5.91 Å². The van der Waals surface area contributed by atoms with Crippen molar-refractivity contribution < 1.29 is 4.79 Å². The average molecular weight is 271 g/mol. The second-order valence-corrected chi connectivity index (χ2v) is 4.31. The highest BCUT2D eigenvalue weighted by Gasteiger charge is 2.13.